The van der Waals surface area contributed by atoms with Gasteiger partial charge in [0, 0.05) is 5.69 Å². The average molecular weight is 364 g/mol. The van der Waals surface area contributed by atoms with E-state index in [0.717, 1.165) is 17.0 Å². The van der Waals surface area contributed by atoms with Crippen molar-refractivity contribution in [1.82, 2.24) is 15.0 Å². The van der Waals surface area contributed by atoms with Gasteiger partial charge in [-0.05, 0) is 48.9 Å². The summed E-state index contributed by atoms with van der Waals surface area (Å²) in [6, 6.07) is 17.1. The lowest BCUT2D eigenvalue weighted by atomic mass is 10.2. The predicted molar refractivity (Wildman–Crippen MR) is 104 cm³/mol. The van der Waals surface area contributed by atoms with E-state index in [-0.39, 0.29) is 12.6 Å². The molecule has 8 nitrogen and oxygen atoms in total. The molecule has 8 heteroatoms. The lowest BCUT2D eigenvalue weighted by molar-refractivity contribution is 0.126. The van der Waals surface area contributed by atoms with Crippen LogP contribution in [0.15, 0.2) is 59.8 Å². The maximum Gasteiger partial charge on any atom is 0.232 e. The summed E-state index contributed by atoms with van der Waals surface area (Å²) >= 11 is 0. The first-order valence-corrected chi connectivity index (χ1v) is 8.43. The summed E-state index contributed by atoms with van der Waals surface area (Å²) in [6.07, 6.45) is 1.60. The predicted octanol–water partition coefficient (Wildman–Crippen LogP) is 3.15. The molecule has 0 amide bonds. The molecule has 0 aliphatic heterocycles. The number of para-hydroxylation sites is 1. The maximum atomic E-state index is 5.74. The number of nitrogens with two attached hydrogens (primary N) is 1. The first-order chi connectivity index (χ1) is 13.2. The number of rotatable bonds is 8. The zero-order chi connectivity index (χ0) is 18.9. The normalized spacial score (nSPS) is 10.7. The SMILES string of the molecule is CCOc1ccc(/C=N\OCc2nc(N)nc(Nc3ccccc3)n2)cc1. The van der Waals surface area contributed by atoms with Crippen molar-refractivity contribution >= 4 is 23.8 Å². The van der Waals surface area contributed by atoms with Gasteiger partial charge in [0.15, 0.2) is 12.4 Å². The fourth-order valence-electron chi connectivity index (χ4n) is 2.22. The summed E-state index contributed by atoms with van der Waals surface area (Å²) in [5.41, 5.74) is 7.48. The third-order valence-electron chi connectivity index (χ3n) is 3.39. The molecule has 0 atom stereocenters. The minimum absolute atomic E-state index is 0.0731. The van der Waals surface area contributed by atoms with Crippen molar-refractivity contribution in [1.29, 1.82) is 0 Å². The van der Waals surface area contributed by atoms with Crippen LogP contribution in [-0.4, -0.2) is 27.8 Å². The molecule has 0 saturated heterocycles. The van der Waals surface area contributed by atoms with E-state index in [4.69, 9.17) is 15.3 Å². The highest BCUT2D eigenvalue weighted by molar-refractivity contribution is 5.79. The Balaban J connectivity index is 1.57. The van der Waals surface area contributed by atoms with Crippen molar-refractivity contribution in [3.8, 4) is 5.75 Å². The number of nitrogens with one attached hydrogen (secondary N) is 1. The molecule has 138 valence electrons. The minimum atomic E-state index is 0.0731. The van der Waals surface area contributed by atoms with Crippen molar-refractivity contribution in [2.75, 3.05) is 17.7 Å². The van der Waals surface area contributed by atoms with Crippen LogP contribution >= 0.6 is 0 Å². The number of hydrogen-bond donors (Lipinski definition) is 2. The van der Waals surface area contributed by atoms with E-state index in [9.17, 15) is 0 Å². The molecule has 3 aromatic rings. The molecule has 0 aliphatic rings. The molecule has 3 rings (SSSR count). The van der Waals surface area contributed by atoms with E-state index in [1.54, 1.807) is 6.21 Å². The van der Waals surface area contributed by atoms with Gasteiger partial charge >= 0.3 is 0 Å². The van der Waals surface area contributed by atoms with Crippen LogP contribution in [0.25, 0.3) is 0 Å². The number of anilines is 3. The van der Waals surface area contributed by atoms with Gasteiger partial charge in [0.1, 0.15) is 5.75 Å². The lowest BCUT2D eigenvalue weighted by Crippen LogP contribution is -2.07. The second-order valence-electron chi connectivity index (χ2n) is 5.43. The third kappa shape index (κ3) is 5.67. The molecule has 0 aliphatic carbocycles. The Bertz CT molecular complexity index is 884. The second kappa shape index (κ2) is 9.14. The van der Waals surface area contributed by atoms with Crippen molar-refractivity contribution in [2.24, 2.45) is 5.16 Å². The van der Waals surface area contributed by atoms with Gasteiger partial charge in [-0.15, -0.1) is 0 Å². The summed E-state index contributed by atoms with van der Waals surface area (Å²) in [5, 5.41) is 7.00. The van der Waals surface area contributed by atoms with Gasteiger partial charge in [0.25, 0.3) is 0 Å². The Morgan fingerprint density at radius 1 is 1.04 bits per heavy atom. The third-order valence-corrected chi connectivity index (χ3v) is 3.39. The Labute approximate surface area is 157 Å². The summed E-state index contributed by atoms with van der Waals surface area (Å²) in [5.74, 6) is 1.65. The largest absolute Gasteiger partial charge is 0.494 e. The van der Waals surface area contributed by atoms with Crippen LogP contribution in [0.5, 0.6) is 5.75 Å². The van der Waals surface area contributed by atoms with Crippen LogP contribution < -0.4 is 15.8 Å². The van der Waals surface area contributed by atoms with Gasteiger partial charge in [-0.1, -0.05) is 23.4 Å². The summed E-state index contributed by atoms with van der Waals surface area (Å²) in [7, 11) is 0. The van der Waals surface area contributed by atoms with Crippen LogP contribution in [-0.2, 0) is 11.4 Å². The van der Waals surface area contributed by atoms with Gasteiger partial charge in [0.05, 0.1) is 12.8 Å². The summed E-state index contributed by atoms with van der Waals surface area (Å²) in [4.78, 5) is 17.7. The van der Waals surface area contributed by atoms with Crippen molar-refractivity contribution in [3.63, 3.8) is 0 Å². The summed E-state index contributed by atoms with van der Waals surface area (Å²) < 4.78 is 5.39. The van der Waals surface area contributed by atoms with E-state index in [1.807, 2.05) is 61.5 Å². The van der Waals surface area contributed by atoms with Crippen LogP contribution in [0.3, 0.4) is 0 Å². The molecule has 1 heterocycles. The Hall–Kier alpha value is -3.68. The number of hydrogen-bond acceptors (Lipinski definition) is 8. The number of benzene rings is 2. The van der Waals surface area contributed by atoms with Crippen molar-refractivity contribution < 1.29 is 9.57 Å². The second-order valence-corrected chi connectivity index (χ2v) is 5.43. The Kier molecular flexibility index (Phi) is 6.13. The van der Waals surface area contributed by atoms with Crippen LogP contribution in [0, 0.1) is 0 Å². The van der Waals surface area contributed by atoms with Crippen molar-refractivity contribution in [2.45, 2.75) is 13.5 Å². The van der Waals surface area contributed by atoms with Gasteiger partial charge in [-0.3, -0.25) is 0 Å². The molecular formula is C19H20N6O2. The molecule has 0 bridgehead atoms. The Morgan fingerprint density at radius 2 is 1.81 bits per heavy atom. The van der Waals surface area contributed by atoms with Gasteiger partial charge in [-0.2, -0.15) is 15.0 Å². The van der Waals surface area contributed by atoms with Crippen LogP contribution in [0.4, 0.5) is 17.6 Å². The molecular weight excluding hydrogens is 344 g/mol. The van der Waals surface area contributed by atoms with Gasteiger partial charge < -0.3 is 20.6 Å². The standard InChI is InChI=1S/C19H20N6O2/c1-2-26-16-10-8-14(9-11-16)12-21-27-13-17-23-18(20)25-19(24-17)22-15-6-4-3-5-7-15/h3-12H,2,13H2,1H3,(H3,20,22,23,24,25)/b21-12-. The molecule has 2 aromatic carbocycles. The molecule has 1 aromatic heterocycles. The molecule has 0 fully saturated rings. The first kappa shape index (κ1) is 18.1. The fourth-order valence-corrected chi connectivity index (χ4v) is 2.22. The number of nitrogen functional groups attached to an aromatic ring is 1. The number of oxime groups is 1. The molecule has 0 radical (unpaired) electrons. The monoisotopic (exact) mass is 364 g/mol. The molecule has 3 N–H and O–H groups in total. The highest BCUT2D eigenvalue weighted by Gasteiger charge is 2.05. The molecule has 0 unspecified atom stereocenters. The number of ether oxygens (including phenoxy) is 1. The topological polar surface area (TPSA) is 108 Å². The van der Waals surface area contributed by atoms with Gasteiger partial charge in [-0.25, -0.2) is 0 Å². The van der Waals surface area contributed by atoms with E-state index in [0.29, 0.717) is 18.4 Å². The summed E-state index contributed by atoms with van der Waals surface area (Å²) in [6.45, 7) is 2.65. The maximum absolute atomic E-state index is 5.74. The van der Waals surface area contributed by atoms with E-state index in [2.05, 4.69) is 25.4 Å². The van der Waals surface area contributed by atoms with Gasteiger partial charge in [0.2, 0.25) is 11.9 Å². The zero-order valence-electron chi connectivity index (χ0n) is 14.9. The van der Waals surface area contributed by atoms with Crippen LogP contribution in [0.1, 0.15) is 18.3 Å². The average Bonchev–Trinajstić information content (AvgIpc) is 2.67. The highest BCUT2D eigenvalue weighted by atomic mass is 16.6. The smallest absolute Gasteiger partial charge is 0.232 e. The molecule has 27 heavy (non-hydrogen) atoms. The van der Waals surface area contributed by atoms with E-state index >= 15 is 0 Å². The zero-order valence-corrected chi connectivity index (χ0v) is 14.9. The highest BCUT2D eigenvalue weighted by Crippen LogP contribution is 2.13. The lowest BCUT2D eigenvalue weighted by Gasteiger charge is -2.06. The molecule has 0 spiro atoms. The fraction of sp³-hybridized carbons (Fsp3) is 0.158. The van der Waals surface area contributed by atoms with E-state index in [1.165, 1.54) is 0 Å². The van der Waals surface area contributed by atoms with Crippen molar-refractivity contribution in [3.05, 3.63) is 66.0 Å². The number of aromatic nitrogens is 3. The Morgan fingerprint density at radius 3 is 2.56 bits per heavy atom. The minimum Gasteiger partial charge on any atom is -0.494 e. The van der Waals surface area contributed by atoms with E-state index < -0.39 is 0 Å². The first-order valence-electron chi connectivity index (χ1n) is 8.43. The molecule has 0 saturated carbocycles. The van der Waals surface area contributed by atoms with Crippen LogP contribution in [0.2, 0.25) is 0 Å². The quantitative estimate of drug-likeness (QED) is 0.467. The number of nitrogens with zero attached hydrogens (tertiary/aromatic N) is 4.